The van der Waals surface area contributed by atoms with Gasteiger partial charge in [-0.05, 0) is 56.2 Å². The summed E-state index contributed by atoms with van der Waals surface area (Å²) >= 11 is 0. The van der Waals surface area contributed by atoms with Crippen LogP contribution in [0, 0.1) is 5.82 Å². The van der Waals surface area contributed by atoms with E-state index in [1.807, 2.05) is 24.3 Å². The van der Waals surface area contributed by atoms with Crippen molar-refractivity contribution in [1.29, 1.82) is 0 Å². The predicted molar refractivity (Wildman–Crippen MR) is 94.0 cm³/mol. The first-order valence-corrected chi connectivity index (χ1v) is 9.33. The number of ether oxygens (including phenoxy) is 1. The van der Waals surface area contributed by atoms with Crippen LogP contribution >= 0.6 is 0 Å². The minimum atomic E-state index is -3.29. The summed E-state index contributed by atoms with van der Waals surface area (Å²) in [5.41, 5.74) is 1.87. The Kier molecular flexibility index (Phi) is 5.96. The zero-order chi connectivity index (χ0) is 17.7. The van der Waals surface area contributed by atoms with E-state index in [1.54, 1.807) is 32.9 Å². The van der Waals surface area contributed by atoms with Crippen LogP contribution in [0.15, 0.2) is 48.5 Å². The van der Waals surface area contributed by atoms with Crippen molar-refractivity contribution in [2.24, 2.45) is 0 Å². The third kappa shape index (κ3) is 5.04. The number of sulfonamides is 1. The number of hydrogen-bond acceptors (Lipinski definition) is 3. The maximum Gasteiger partial charge on any atom is 0.214 e. The van der Waals surface area contributed by atoms with E-state index in [9.17, 15) is 12.8 Å². The number of benzene rings is 2. The predicted octanol–water partition coefficient (Wildman–Crippen LogP) is 3.59. The molecule has 0 heterocycles. The van der Waals surface area contributed by atoms with Crippen LogP contribution in [0.3, 0.4) is 0 Å². The standard InChI is InChI=1S/C18H22FNO3S/c1-13(2)24(21,22)20-12-14(3)23-18-10-6-16(7-11-18)15-4-8-17(19)9-5-15/h4-11,13-14,20H,12H2,1-3H3. The van der Waals surface area contributed by atoms with Gasteiger partial charge in [-0.2, -0.15) is 0 Å². The van der Waals surface area contributed by atoms with Crippen LogP contribution < -0.4 is 9.46 Å². The highest BCUT2D eigenvalue weighted by molar-refractivity contribution is 7.90. The van der Waals surface area contributed by atoms with Crippen LogP contribution in [-0.2, 0) is 10.0 Å². The van der Waals surface area contributed by atoms with E-state index in [0.717, 1.165) is 11.1 Å². The monoisotopic (exact) mass is 351 g/mol. The van der Waals surface area contributed by atoms with Crippen molar-refractivity contribution in [1.82, 2.24) is 4.72 Å². The van der Waals surface area contributed by atoms with Crippen molar-refractivity contribution < 1.29 is 17.5 Å². The molecule has 0 amide bonds. The third-order valence-corrected chi connectivity index (χ3v) is 5.37. The fraction of sp³-hybridized carbons (Fsp3) is 0.333. The molecule has 0 aliphatic carbocycles. The molecule has 0 saturated carbocycles. The first kappa shape index (κ1) is 18.4. The van der Waals surface area contributed by atoms with Gasteiger partial charge < -0.3 is 4.74 Å². The summed E-state index contributed by atoms with van der Waals surface area (Å²) in [5.74, 6) is 0.383. The Labute approximate surface area is 142 Å². The summed E-state index contributed by atoms with van der Waals surface area (Å²) in [6.07, 6.45) is -0.296. The molecule has 2 rings (SSSR count). The normalized spacial score (nSPS) is 13.0. The maximum absolute atomic E-state index is 12.9. The van der Waals surface area contributed by atoms with E-state index in [-0.39, 0.29) is 18.5 Å². The second-order valence-electron chi connectivity index (χ2n) is 5.90. The average Bonchev–Trinajstić information content (AvgIpc) is 2.54. The van der Waals surface area contributed by atoms with Crippen molar-refractivity contribution in [3.05, 3.63) is 54.3 Å². The quantitative estimate of drug-likeness (QED) is 0.829. The Bertz CT molecular complexity index is 756. The average molecular weight is 351 g/mol. The highest BCUT2D eigenvalue weighted by atomic mass is 32.2. The van der Waals surface area contributed by atoms with Crippen molar-refractivity contribution in [2.75, 3.05) is 6.54 Å². The van der Waals surface area contributed by atoms with Crippen LogP contribution in [0.5, 0.6) is 5.75 Å². The Balaban J connectivity index is 1.95. The molecule has 4 nitrogen and oxygen atoms in total. The van der Waals surface area contributed by atoms with Gasteiger partial charge in [0.05, 0.1) is 5.25 Å². The topological polar surface area (TPSA) is 55.4 Å². The van der Waals surface area contributed by atoms with E-state index < -0.39 is 15.3 Å². The third-order valence-electron chi connectivity index (χ3n) is 3.56. The van der Waals surface area contributed by atoms with Gasteiger partial charge in [0.25, 0.3) is 0 Å². The lowest BCUT2D eigenvalue weighted by Gasteiger charge is -2.17. The minimum absolute atomic E-state index is 0.209. The molecule has 1 N–H and O–H groups in total. The van der Waals surface area contributed by atoms with Crippen LogP contribution in [0.4, 0.5) is 4.39 Å². The lowest BCUT2D eigenvalue weighted by Crippen LogP contribution is -2.37. The van der Waals surface area contributed by atoms with Crippen molar-refractivity contribution in [2.45, 2.75) is 32.1 Å². The smallest absolute Gasteiger partial charge is 0.214 e. The summed E-state index contributed by atoms with van der Waals surface area (Å²) < 4.78 is 44.6. The molecule has 0 aliphatic heterocycles. The number of nitrogens with one attached hydrogen (secondary N) is 1. The molecule has 24 heavy (non-hydrogen) atoms. The van der Waals surface area contributed by atoms with Gasteiger partial charge in [-0.15, -0.1) is 0 Å². The summed E-state index contributed by atoms with van der Waals surface area (Å²) in [4.78, 5) is 0. The van der Waals surface area contributed by atoms with Gasteiger partial charge in [0.2, 0.25) is 10.0 Å². The van der Waals surface area contributed by atoms with Gasteiger partial charge in [-0.1, -0.05) is 24.3 Å². The van der Waals surface area contributed by atoms with E-state index in [4.69, 9.17) is 4.74 Å². The molecule has 2 aromatic rings. The second kappa shape index (κ2) is 7.77. The fourth-order valence-electron chi connectivity index (χ4n) is 2.04. The molecule has 0 bridgehead atoms. The molecule has 2 aromatic carbocycles. The Morgan fingerprint density at radius 2 is 1.46 bits per heavy atom. The summed E-state index contributed by atoms with van der Waals surface area (Å²) in [5, 5.41) is -0.473. The molecular weight excluding hydrogens is 329 g/mol. The zero-order valence-corrected chi connectivity index (χ0v) is 14.8. The van der Waals surface area contributed by atoms with Crippen molar-refractivity contribution in [3.8, 4) is 16.9 Å². The Morgan fingerprint density at radius 3 is 1.96 bits per heavy atom. The molecule has 0 aromatic heterocycles. The molecule has 0 aliphatic rings. The Hall–Kier alpha value is -1.92. The number of hydrogen-bond donors (Lipinski definition) is 1. The SMILES string of the molecule is CC(CNS(=O)(=O)C(C)C)Oc1ccc(-c2ccc(F)cc2)cc1. The van der Waals surface area contributed by atoms with Gasteiger partial charge in [-0.25, -0.2) is 17.5 Å². The molecule has 1 unspecified atom stereocenters. The van der Waals surface area contributed by atoms with E-state index in [1.165, 1.54) is 12.1 Å². The first-order chi connectivity index (χ1) is 11.3. The van der Waals surface area contributed by atoms with Crippen molar-refractivity contribution in [3.63, 3.8) is 0 Å². The lowest BCUT2D eigenvalue weighted by atomic mass is 10.1. The Morgan fingerprint density at radius 1 is 0.958 bits per heavy atom. The van der Waals surface area contributed by atoms with E-state index >= 15 is 0 Å². The lowest BCUT2D eigenvalue weighted by molar-refractivity contribution is 0.225. The molecule has 0 fully saturated rings. The summed E-state index contributed by atoms with van der Waals surface area (Å²) in [7, 11) is -3.29. The van der Waals surface area contributed by atoms with Gasteiger partial charge in [-0.3, -0.25) is 0 Å². The van der Waals surface area contributed by atoms with Crippen LogP contribution in [-0.4, -0.2) is 26.3 Å². The molecular formula is C18H22FNO3S. The molecule has 6 heteroatoms. The largest absolute Gasteiger partial charge is 0.489 e. The maximum atomic E-state index is 12.9. The zero-order valence-electron chi connectivity index (χ0n) is 14.0. The van der Waals surface area contributed by atoms with Crippen LogP contribution in [0.2, 0.25) is 0 Å². The van der Waals surface area contributed by atoms with Gasteiger partial charge in [0.15, 0.2) is 0 Å². The number of rotatable bonds is 7. The molecule has 0 radical (unpaired) electrons. The number of halogens is 1. The molecule has 130 valence electrons. The van der Waals surface area contributed by atoms with Crippen LogP contribution in [0.1, 0.15) is 20.8 Å². The summed E-state index contributed by atoms with van der Waals surface area (Å²) in [6.45, 7) is 5.26. The van der Waals surface area contributed by atoms with E-state index in [2.05, 4.69) is 4.72 Å². The van der Waals surface area contributed by atoms with Gasteiger partial charge in [0, 0.05) is 6.54 Å². The fourth-order valence-corrected chi connectivity index (χ4v) is 2.84. The minimum Gasteiger partial charge on any atom is -0.489 e. The summed E-state index contributed by atoms with van der Waals surface area (Å²) in [6, 6.07) is 13.7. The first-order valence-electron chi connectivity index (χ1n) is 7.79. The van der Waals surface area contributed by atoms with Crippen LogP contribution in [0.25, 0.3) is 11.1 Å². The van der Waals surface area contributed by atoms with E-state index in [0.29, 0.717) is 5.75 Å². The van der Waals surface area contributed by atoms with Gasteiger partial charge in [0.1, 0.15) is 17.7 Å². The molecule has 1 atom stereocenters. The van der Waals surface area contributed by atoms with Gasteiger partial charge >= 0.3 is 0 Å². The highest BCUT2D eigenvalue weighted by Crippen LogP contribution is 2.23. The molecule has 0 spiro atoms. The molecule has 0 saturated heterocycles. The highest BCUT2D eigenvalue weighted by Gasteiger charge is 2.16. The van der Waals surface area contributed by atoms with Crippen molar-refractivity contribution >= 4 is 10.0 Å². The second-order valence-corrected chi connectivity index (χ2v) is 8.22.